The fourth-order valence-corrected chi connectivity index (χ4v) is 1.59. The van der Waals surface area contributed by atoms with Gasteiger partial charge in [-0.15, -0.1) is 0 Å². The molecule has 0 bridgehead atoms. The van der Waals surface area contributed by atoms with Gasteiger partial charge in [0.15, 0.2) is 0 Å². The second kappa shape index (κ2) is 9.64. The van der Waals surface area contributed by atoms with Crippen molar-refractivity contribution in [3.63, 3.8) is 0 Å². The van der Waals surface area contributed by atoms with E-state index >= 15 is 0 Å². The molecule has 16 heavy (non-hydrogen) atoms. The Balaban J connectivity index is 3.59. The maximum absolute atomic E-state index is 11.5. The Hall–Kier alpha value is -0.570. The molecule has 0 aliphatic rings. The first-order valence-corrected chi connectivity index (χ1v) is 6.51. The molecule has 0 fully saturated rings. The molecule has 96 valence electrons. The fourth-order valence-electron chi connectivity index (χ4n) is 1.59. The van der Waals surface area contributed by atoms with Gasteiger partial charge in [-0.05, 0) is 32.2 Å². The van der Waals surface area contributed by atoms with Crippen molar-refractivity contribution >= 4 is 5.97 Å². The maximum Gasteiger partial charge on any atom is 0.323 e. The smallest absolute Gasteiger partial charge is 0.323 e. The van der Waals surface area contributed by atoms with E-state index in [1.807, 2.05) is 13.8 Å². The van der Waals surface area contributed by atoms with Crippen LogP contribution in [-0.4, -0.2) is 25.2 Å². The van der Waals surface area contributed by atoms with Crippen LogP contribution in [0.5, 0.6) is 0 Å². The Kier molecular flexibility index (Phi) is 9.30. The van der Waals surface area contributed by atoms with Gasteiger partial charge in [0.1, 0.15) is 6.04 Å². The molecule has 0 aromatic rings. The predicted molar refractivity (Wildman–Crippen MR) is 67.4 cm³/mol. The predicted octanol–water partition coefficient (Wildman–Crippen LogP) is 2.74. The van der Waals surface area contributed by atoms with E-state index in [0.717, 1.165) is 25.3 Å². The van der Waals surface area contributed by atoms with Crippen LogP contribution < -0.4 is 5.32 Å². The Morgan fingerprint density at radius 1 is 1.25 bits per heavy atom. The number of nitrogens with one attached hydrogen (secondary N) is 1. The Morgan fingerprint density at radius 2 is 1.94 bits per heavy atom. The van der Waals surface area contributed by atoms with Crippen LogP contribution in [-0.2, 0) is 9.53 Å². The van der Waals surface area contributed by atoms with Gasteiger partial charge in [-0.3, -0.25) is 4.79 Å². The third-order valence-corrected chi connectivity index (χ3v) is 2.58. The van der Waals surface area contributed by atoms with Crippen LogP contribution in [0.3, 0.4) is 0 Å². The van der Waals surface area contributed by atoms with Crippen molar-refractivity contribution in [1.29, 1.82) is 0 Å². The summed E-state index contributed by atoms with van der Waals surface area (Å²) in [6, 6.07) is -0.126. The molecule has 3 heteroatoms. The van der Waals surface area contributed by atoms with E-state index in [0.29, 0.717) is 6.61 Å². The molecule has 0 aliphatic carbocycles. The zero-order valence-corrected chi connectivity index (χ0v) is 11.2. The second-order valence-electron chi connectivity index (χ2n) is 4.56. The van der Waals surface area contributed by atoms with E-state index in [1.165, 1.54) is 12.8 Å². The third kappa shape index (κ3) is 7.69. The molecule has 0 saturated carbocycles. The highest BCUT2D eigenvalue weighted by molar-refractivity contribution is 5.75. The molecule has 1 unspecified atom stereocenters. The zero-order chi connectivity index (χ0) is 12.4. The van der Waals surface area contributed by atoms with Crippen LogP contribution in [0.15, 0.2) is 0 Å². The lowest BCUT2D eigenvalue weighted by molar-refractivity contribution is -0.145. The van der Waals surface area contributed by atoms with Crippen LogP contribution in [0.2, 0.25) is 0 Å². The van der Waals surface area contributed by atoms with Crippen LogP contribution in [0.25, 0.3) is 0 Å². The van der Waals surface area contributed by atoms with E-state index in [-0.39, 0.29) is 12.0 Å². The Morgan fingerprint density at radius 3 is 2.44 bits per heavy atom. The number of unbranched alkanes of at least 4 members (excludes halogenated alkanes) is 1. The number of carbonyl (C=O) groups is 1. The number of carbonyl (C=O) groups excluding carboxylic acids is 1. The van der Waals surface area contributed by atoms with E-state index in [4.69, 9.17) is 4.74 Å². The molecule has 0 radical (unpaired) electrons. The highest BCUT2D eigenvalue weighted by atomic mass is 16.5. The molecular weight excluding hydrogens is 202 g/mol. The largest absolute Gasteiger partial charge is 0.465 e. The summed E-state index contributed by atoms with van der Waals surface area (Å²) in [6.45, 7) is 9.69. The Bertz CT molecular complexity index is 181. The molecule has 0 saturated heterocycles. The first-order chi connectivity index (χ1) is 7.61. The SMILES string of the molecule is CCOC(=O)C(CC)NCCCCC(C)C. The molecule has 0 aromatic heterocycles. The highest BCUT2D eigenvalue weighted by Crippen LogP contribution is 2.05. The van der Waals surface area contributed by atoms with Crippen LogP contribution in [0.4, 0.5) is 0 Å². The topological polar surface area (TPSA) is 38.3 Å². The lowest BCUT2D eigenvalue weighted by Gasteiger charge is -2.15. The van der Waals surface area contributed by atoms with E-state index in [2.05, 4.69) is 19.2 Å². The lowest BCUT2D eigenvalue weighted by atomic mass is 10.1. The van der Waals surface area contributed by atoms with Gasteiger partial charge in [0.2, 0.25) is 0 Å². The molecule has 3 nitrogen and oxygen atoms in total. The average Bonchev–Trinajstić information content (AvgIpc) is 2.23. The van der Waals surface area contributed by atoms with Crippen molar-refractivity contribution in [1.82, 2.24) is 5.32 Å². The van der Waals surface area contributed by atoms with E-state index < -0.39 is 0 Å². The summed E-state index contributed by atoms with van der Waals surface area (Å²) >= 11 is 0. The molecular formula is C13H27NO2. The third-order valence-electron chi connectivity index (χ3n) is 2.58. The minimum atomic E-state index is -0.126. The fraction of sp³-hybridized carbons (Fsp3) is 0.923. The number of hydrogen-bond donors (Lipinski definition) is 1. The molecule has 0 rings (SSSR count). The molecule has 0 amide bonds. The molecule has 0 aromatic carbocycles. The van der Waals surface area contributed by atoms with Gasteiger partial charge in [-0.25, -0.2) is 0 Å². The second-order valence-corrected chi connectivity index (χ2v) is 4.56. The lowest BCUT2D eigenvalue weighted by Crippen LogP contribution is -2.38. The van der Waals surface area contributed by atoms with Crippen molar-refractivity contribution in [2.45, 2.75) is 59.4 Å². The van der Waals surface area contributed by atoms with Crippen molar-refractivity contribution < 1.29 is 9.53 Å². The molecule has 1 N–H and O–H groups in total. The van der Waals surface area contributed by atoms with Gasteiger partial charge < -0.3 is 10.1 Å². The van der Waals surface area contributed by atoms with Gasteiger partial charge in [0.05, 0.1) is 6.61 Å². The molecule has 1 atom stereocenters. The van der Waals surface area contributed by atoms with Gasteiger partial charge >= 0.3 is 5.97 Å². The number of rotatable bonds is 9. The maximum atomic E-state index is 11.5. The van der Waals surface area contributed by atoms with Crippen molar-refractivity contribution in [3.8, 4) is 0 Å². The van der Waals surface area contributed by atoms with E-state index in [1.54, 1.807) is 0 Å². The molecule has 0 heterocycles. The van der Waals surface area contributed by atoms with Gasteiger partial charge in [-0.2, -0.15) is 0 Å². The summed E-state index contributed by atoms with van der Waals surface area (Å²) in [4.78, 5) is 11.5. The standard InChI is InChI=1S/C13H27NO2/c1-5-12(13(15)16-6-2)14-10-8-7-9-11(3)4/h11-12,14H,5-10H2,1-4H3. The zero-order valence-electron chi connectivity index (χ0n) is 11.2. The number of hydrogen-bond acceptors (Lipinski definition) is 3. The molecule has 0 aliphatic heterocycles. The van der Waals surface area contributed by atoms with Crippen molar-refractivity contribution in [2.24, 2.45) is 5.92 Å². The number of esters is 1. The van der Waals surface area contributed by atoms with Crippen LogP contribution in [0, 0.1) is 5.92 Å². The van der Waals surface area contributed by atoms with E-state index in [9.17, 15) is 4.79 Å². The van der Waals surface area contributed by atoms with Gasteiger partial charge in [-0.1, -0.05) is 33.6 Å². The monoisotopic (exact) mass is 229 g/mol. The van der Waals surface area contributed by atoms with Crippen molar-refractivity contribution in [3.05, 3.63) is 0 Å². The summed E-state index contributed by atoms with van der Waals surface area (Å²) in [6.07, 6.45) is 4.42. The van der Waals surface area contributed by atoms with Gasteiger partial charge in [0, 0.05) is 0 Å². The average molecular weight is 229 g/mol. The van der Waals surface area contributed by atoms with Gasteiger partial charge in [0.25, 0.3) is 0 Å². The summed E-state index contributed by atoms with van der Waals surface area (Å²) < 4.78 is 4.99. The minimum absolute atomic E-state index is 0.117. The Labute approximate surface area is 99.9 Å². The summed E-state index contributed by atoms with van der Waals surface area (Å²) in [5.41, 5.74) is 0. The highest BCUT2D eigenvalue weighted by Gasteiger charge is 2.15. The first-order valence-electron chi connectivity index (χ1n) is 6.51. The normalized spacial score (nSPS) is 12.8. The summed E-state index contributed by atoms with van der Waals surface area (Å²) in [5.74, 6) is 0.654. The minimum Gasteiger partial charge on any atom is -0.465 e. The number of ether oxygens (including phenoxy) is 1. The summed E-state index contributed by atoms with van der Waals surface area (Å²) in [5, 5.41) is 3.25. The summed E-state index contributed by atoms with van der Waals surface area (Å²) in [7, 11) is 0. The van der Waals surface area contributed by atoms with Crippen LogP contribution in [0.1, 0.15) is 53.4 Å². The van der Waals surface area contributed by atoms with Crippen molar-refractivity contribution in [2.75, 3.05) is 13.2 Å². The molecule has 0 spiro atoms. The first kappa shape index (κ1) is 15.4. The quantitative estimate of drug-likeness (QED) is 0.488. The van der Waals surface area contributed by atoms with Crippen LogP contribution >= 0.6 is 0 Å².